The zero-order valence-electron chi connectivity index (χ0n) is 23.8. The van der Waals surface area contributed by atoms with Crippen molar-refractivity contribution >= 4 is 5.91 Å². The standard InChI is InChI=1S/C34H37F3N4O/c1-25-31(19-11-18-30(38)32(42)40-22-20-29(21-23-40)34(35,36)37)39-24-41(25)33(26-12-5-2-6-13-26,27-14-7-3-8-15-27)28-16-9-4-10-17-28/h2-10,12-17,24,29-30H,11,18-23,38H2,1H3/t30-/m0/s1. The normalized spacial score (nSPS) is 15.5. The molecule has 1 aliphatic heterocycles. The Morgan fingerprint density at radius 2 is 1.36 bits per heavy atom. The number of imidazole rings is 1. The zero-order valence-corrected chi connectivity index (χ0v) is 23.8. The number of nitrogens with zero attached hydrogens (tertiary/aromatic N) is 3. The van der Waals surface area contributed by atoms with E-state index in [-0.39, 0.29) is 31.8 Å². The molecule has 0 bridgehead atoms. The molecule has 1 aromatic heterocycles. The first-order valence-corrected chi connectivity index (χ1v) is 14.5. The van der Waals surface area contributed by atoms with Gasteiger partial charge in [-0.25, -0.2) is 4.98 Å². The lowest BCUT2D eigenvalue weighted by atomic mass is 9.76. The minimum Gasteiger partial charge on any atom is -0.341 e. The van der Waals surface area contributed by atoms with E-state index in [9.17, 15) is 18.0 Å². The van der Waals surface area contributed by atoms with Crippen LogP contribution >= 0.6 is 0 Å². The molecule has 4 aromatic rings. The summed E-state index contributed by atoms with van der Waals surface area (Å²) in [7, 11) is 0. The zero-order chi connectivity index (χ0) is 29.7. The highest BCUT2D eigenvalue weighted by atomic mass is 19.4. The SMILES string of the molecule is Cc1c(CCC[C@H](N)C(=O)N2CCC(C(F)(F)F)CC2)ncn1C(c1ccccc1)(c1ccccc1)c1ccccc1. The molecule has 42 heavy (non-hydrogen) atoms. The van der Waals surface area contributed by atoms with Crippen LogP contribution in [0.1, 0.15) is 53.8 Å². The first-order valence-electron chi connectivity index (χ1n) is 14.5. The number of hydrogen-bond donors (Lipinski definition) is 1. The number of carbonyl (C=O) groups is 1. The number of piperidine rings is 1. The number of nitrogens with two attached hydrogens (primary N) is 1. The third kappa shape index (κ3) is 5.86. The lowest BCUT2D eigenvalue weighted by molar-refractivity contribution is -0.186. The predicted molar refractivity (Wildman–Crippen MR) is 158 cm³/mol. The van der Waals surface area contributed by atoms with E-state index in [0.717, 1.165) is 28.1 Å². The highest BCUT2D eigenvalue weighted by molar-refractivity contribution is 5.81. The van der Waals surface area contributed by atoms with Crippen LogP contribution in [0.2, 0.25) is 0 Å². The summed E-state index contributed by atoms with van der Waals surface area (Å²) in [5.74, 6) is -1.61. The molecule has 0 unspecified atom stereocenters. The van der Waals surface area contributed by atoms with E-state index in [2.05, 4.69) is 47.9 Å². The molecular formula is C34H37F3N4O. The Labute approximate surface area is 245 Å². The van der Waals surface area contributed by atoms with E-state index in [4.69, 9.17) is 10.7 Å². The Kier molecular flexibility index (Phi) is 8.82. The first kappa shape index (κ1) is 29.6. The Morgan fingerprint density at radius 3 is 1.81 bits per heavy atom. The number of benzene rings is 3. The van der Waals surface area contributed by atoms with Crippen LogP contribution in [0.5, 0.6) is 0 Å². The van der Waals surface area contributed by atoms with Gasteiger partial charge < -0.3 is 15.2 Å². The van der Waals surface area contributed by atoms with E-state index in [0.29, 0.717) is 19.3 Å². The Bertz CT molecular complexity index is 1350. The number of rotatable bonds is 9. The molecule has 1 saturated heterocycles. The summed E-state index contributed by atoms with van der Waals surface area (Å²) in [5.41, 5.74) is 10.8. The van der Waals surface area contributed by atoms with Crippen LogP contribution in [0.3, 0.4) is 0 Å². The van der Waals surface area contributed by atoms with Gasteiger partial charge in [0, 0.05) is 18.8 Å². The third-order valence-corrected chi connectivity index (χ3v) is 8.56. The quantitative estimate of drug-likeness (QED) is 0.233. The average Bonchev–Trinajstić information content (AvgIpc) is 3.38. The highest BCUT2D eigenvalue weighted by Crippen LogP contribution is 2.42. The van der Waals surface area contributed by atoms with Crippen molar-refractivity contribution in [3.8, 4) is 0 Å². The molecule has 8 heteroatoms. The molecule has 0 radical (unpaired) electrons. The number of amides is 1. The Hall–Kier alpha value is -3.91. The van der Waals surface area contributed by atoms with Crippen molar-refractivity contribution in [2.24, 2.45) is 11.7 Å². The van der Waals surface area contributed by atoms with Gasteiger partial charge in [-0.05, 0) is 55.7 Å². The van der Waals surface area contributed by atoms with Crippen LogP contribution < -0.4 is 5.73 Å². The maximum absolute atomic E-state index is 13.0. The van der Waals surface area contributed by atoms with Crippen LogP contribution in [0.25, 0.3) is 0 Å². The summed E-state index contributed by atoms with van der Waals surface area (Å²) >= 11 is 0. The van der Waals surface area contributed by atoms with Gasteiger partial charge in [-0.2, -0.15) is 13.2 Å². The van der Waals surface area contributed by atoms with E-state index in [1.165, 1.54) is 4.90 Å². The molecule has 1 fully saturated rings. The topological polar surface area (TPSA) is 64.2 Å². The van der Waals surface area contributed by atoms with Crippen LogP contribution in [-0.4, -0.2) is 45.7 Å². The lowest BCUT2D eigenvalue weighted by Crippen LogP contribution is -2.48. The highest BCUT2D eigenvalue weighted by Gasteiger charge is 2.42. The molecule has 5 rings (SSSR count). The predicted octanol–water partition coefficient (Wildman–Crippen LogP) is 6.48. The smallest absolute Gasteiger partial charge is 0.341 e. The van der Waals surface area contributed by atoms with Gasteiger partial charge in [0.1, 0.15) is 5.54 Å². The maximum Gasteiger partial charge on any atom is 0.391 e. The molecule has 2 N–H and O–H groups in total. The van der Waals surface area contributed by atoms with Gasteiger partial charge in [0.05, 0.1) is 24.0 Å². The number of aromatic nitrogens is 2. The number of alkyl halides is 3. The van der Waals surface area contributed by atoms with Crippen molar-refractivity contribution in [2.45, 2.75) is 56.8 Å². The Balaban J connectivity index is 1.36. The first-order chi connectivity index (χ1) is 20.2. The van der Waals surface area contributed by atoms with Gasteiger partial charge in [-0.1, -0.05) is 91.0 Å². The van der Waals surface area contributed by atoms with Gasteiger partial charge in [-0.3, -0.25) is 4.79 Å². The summed E-state index contributed by atoms with van der Waals surface area (Å²) in [6.45, 7) is 2.27. The fourth-order valence-electron chi connectivity index (χ4n) is 6.26. The minimum absolute atomic E-state index is 0.0649. The molecule has 0 aliphatic carbocycles. The summed E-state index contributed by atoms with van der Waals surface area (Å²) in [6, 6.07) is 30.4. The molecule has 2 heterocycles. The maximum atomic E-state index is 13.0. The lowest BCUT2D eigenvalue weighted by Gasteiger charge is -2.38. The molecule has 0 saturated carbocycles. The summed E-state index contributed by atoms with van der Waals surface area (Å²) in [6.07, 6.45) is -0.741. The second-order valence-electron chi connectivity index (χ2n) is 11.1. The largest absolute Gasteiger partial charge is 0.391 e. The fourth-order valence-corrected chi connectivity index (χ4v) is 6.26. The molecule has 3 aromatic carbocycles. The molecule has 1 atom stereocenters. The van der Waals surface area contributed by atoms with E-state index < -0.39 is 23.7 Å². The van der Waals surface area contributed by atoms with Crippen molar-refractivity contribution in [2.75, 3.05) is 13.1 Å². The number of likely N-dealkylation sites (tertiary alicyclic amines) is 1. The minimum atomic E-state index is -4.21. The summed E-state index contributed by atoms with van der Waals surface area (Å²) in [5, 5.41) is 0. The van der Waals surface area contributed by atoms with Crippen molar-refractivity contribution < 1.29 is 18.0 Å². The molecule has 0 spiro atoms. The number of halogens is 3. The fraction of sp³-hybridized carbons (Fsp3) is 0.353. The van der Waals surface area contributed by atoms with Gasteiger partial charge in [0.15, 0.2) is 0 Å². The van der Waals surface area contributed by atoms with Crippen LogP contribution in [0.4, 0.5) is 13.2 Å². The van der Waals surface area contributed by atoms with Gasteiger partial charge in [0.2, 0.25) is 5.91 Å². The van der Waals surface area contributed by atoms with Crippen molar-refractivity contribution in [1.29, 1.82) is 0 Å². The average molecular weight is 575 g/mol. The van der Waals surface area contributed by atoms with Crippen molar-refractivity contribution in [3.63, 3.8) is 0 Å². The molecule has 220 valence electrons. The van der Waals surface area contributed by atoms with Crippen LogP contribution in [0, 0.1) is 12.8 Å². The summed E-state index contributed by atoms with van der Waals surface area (Å²) < 4.78 is 41.3. The van der Waals surface area contributed by atoms with Crippen molar-refractivity contribution in [1.82, 2.24) is 14.5 Å². The second-order valence-corrected chi connectivity index (χ2v) is 11.1. The van der Waals surface area contributed by atoms with Crippen molar-refractivity contribution in [3.05, 3.63) is 125 Å². The number of hydrogen-bond acceptors (Lipinski definition) is 3. The van der Waals surface area contributed by atoms with E-state index in [1.54, 1.807) is 0 Å². The second kappa shape index (κ2) is 12.5. The molecule has 1 amide bonds. The number of aryl methyl sites for hydroxylation is 1. The molecular weight excluding hydrogens is 537 g/mol. The third-order valence-electron chi connectivity index (χ3n) is 8.56. The van der Waals surface area contributed by atoms with Gasteiger partial charge in [-0.15, -0.1) is 0 Å². The van der Waals surface area contributed by atoms with Gasteiger partial charge >= 0.3 is 6.18 Å². The summed E-state index contributed by atoms with van der Waals surface area (Å²) in [4.78, 5) is 19.2. The van der Waals surface area contributed by atoms with E-state index in [1.807, 2.05) is 60.9 Å². The molecule has 5 nitrogen and oxygen atoms in total. The van der Waals surface area contributed by atoms with Gasteiger partial charge in [0.25, 0.3) is 0 Å². The van der Waals surface area contributed by atoms with Crippen LogP contribution in [0.15, 0.2) is 97.3 Å². The van der Waals surface area contributed by atoms with Crippen LogP contribution in [-0.2, 0) is 16.8 Å². The monoisotopic (exact) mass is 574 g/mol. The molecule has 1 aliphatic rings. The Morgan fingerprint density at radius 1 is 0.881 bits per heavy atom. The number of carbonyl (C=O) groups excluding carboxylic acids is 1. The van der Waals surface area contributed by atoms with E-state index >= 15 is 0 Å².